The summed E-state index contributed by atoms with van der Waals surface area (Å²) in [5.74, 6) is 0.202. The summed E-state index contributed by atoms with van der Waals surface area (Å²) in [6, 6.07) is 36.5. The largest absolute Gasteiger partial charge is 0.313 e. The zero-order chi connectivity index (χ0) is 31.6. The summed E-state index contributed by atoms with van der Waals surface area (Å²) in [6.45, 7) is 5.33. The van der Waals surface area contributed by atoms with Crippen LogP contribution in [0.5, 0.6) is 0 Å². The topological polar surface area (TPSA) is 56.2 Å². The minimum absolute atomic E-state index is 0.0282. The van der Waals surface area contributed by atoms with Crippen LogP contribution >= 0.6 is 11.6 Å². The lowest BCUT2D eigenvalue weighted by Gasteiger charge is -2.38. The van der Waals surface area contributed by atoms with E-state index < -0.39 is 0 Å². The molecular formula is C38H41ClN4O2. The number of rotatable bonds is 7. The Hall–Kier alpha value is -4.26. The van der Waals surface area contributed by atoms with Gasteiger partial charge in [-0.2, -0.15) is 0 Å². The van der Waals surface area contributed by atoms with Crippen molar-refractivity contribution in [3.8, 4) is 0 Å². The van der Waals surface area contributed by atoms with Crippen molar-refractivity contribution >= 4 is 40.5 Å². The zero-order valence-corrected chi connectivity index (χ0v) is 26.9. The summed E-state index contributed by atoms with van der Waals surface area (Å²) < 4.78 is 0. The normalized spacial score (nSPS) is 15.3. The zero-order valence-electron chi connectivity index (χ0n) is 26.1. The van der Waals surface area contributed by atoms with Crippen molar-refractivity contribution in [2.45, 2.75) is 38.6 Å². The summed E-state index contributed by atoms with van der Waals surface area (Å²) in [6.07, 6.45) is 3.76. The molecule has 1 fully saturated rings. The smallest absolute Gasteiger partial charge is 0.248 e. The number of likely N-dealkylation sites (N-methyl/N-ethyl adjacent to an activating group) is 1. The van der Waals surface area contributed by atoms with Gasteiger partial charge in [0.2, 0.25) is 11.8 Å². The number of carbonyl (C=O) groups is 2. The Morgan fingerprint density at radius 3 is 2.16 bits per heavy atom. The molecule has 0 bridgehead atoms. The SMILES string of the molecule is CCC(=O)N(c1ccccc1)C1CCN(CCc2ccccc2)CC1.CN1C(=O)CN=C(c2ccccc2)c2cc(Cl)ccc21. The Bertz CT molecular complexity index is 1590. The van der Waals surface area contributed by atoms with Crippen LogP contribution in [0.4, 0.5) is 11.4 Å². The third-order valence-electron chi connectivity index (χ3n) is 8.46. The molecule has 7 heteroatoms. The van der Waals surface area contributed by atoms with E-state index in [2.05, 4.69) is 52.4 Å². The molecule has 232 valence electrons. The molecule has 2 aliphatic rings. The maximum absolute atomic E-state index is 12.5. The third kappa shape index (κ3) is 8.27. The number of para-hydroxylation sites is 1. The fourth-order valence-electron chi connectivity index (χ4n) is 5.96. The van der Waals surface area contributed by atoms with Gasteiger partial charge in [-0.3, -0.25) is 14.6 Å². The highest BCUT2D eigenvalue weighted by Crippen LogP contribution is 2.29. The van der Waals surface area contributed by atoms with E-state index in [0.717, 1.165) is 67.1 Å². The molecule has 2 amide bonds. The number of likely N-dealkylation sites (tertiary alicyclic amines) is 1. The molecule has 45 heavy (non-hydrogen) atoms. The van der Waals surface area contributed by atoms with Crippen molar-refractivity contribution in [1.29, 1.82) is 0 Å². The highest BCUT2D eigenvalue weighted by atomic mass is 35.5. The van der Waals surface area contributed by atoms with Crippen LogP contribution in [0.1, 0.15) is 42.9 Å². The van der Waals surface area contributed by atoms with Crippen LogP contribution in [0.25, 0.3) is 0 Å². The number of piperidine rings is 1. The van der Waals surface area contributed by atoms with E-state index in [0.29, 0.717) is 17.5 Å². The fraction of sp³-hybridized carbons (Fsp3) is 0.289. The number of hydrogen-bond acceptors (Lipinski definition) is 4. The number of carbonyl (C=O) groups excluding carboxylic acids is 2. The average molecular weight is 621 g/mol. The van der Waals surface area contributed by atoms with Gasteiger partial charge in [-0.15, -0.1) is 0 Å². The van der Waals surface area contributed by atoms with Gasteiger partial charge >= 0.3 is 0 Å². The molecule has 0 spiro atoms. The van der Waals surface area contributed by atoms with Crippen LogP contribution in [-0.4, -0.2) is 61.7 Å². The van der Waals surface area contributed by atoms with Crippen molar-refractivity contribution in [3.05, 3.63) is 131 Å². The first-order valence-corrected chi connectivity index (χ1v) is 16.1. The Kier molecular flexibility index (Phi) is 11.2. The summed E-state index contributed by atoms with van der Waals surface area (Å²) in [5.41, 5.74) is 5.95. The van der Waals surface area contributed by atoms with E-state index in [9.17, 15) is 9.59 Å². The van der Waals surface area contributed by atoms with E-state index in [1.165, 1.54) is 5.56 Å². The van der Waals surface area contributed by atoms with Crippen LogP contribution in [0.15, 0.2) is 114 Å². The first-order valence-electron chi connectivity index (χ1n) is 15.7. The van der Waals surface area contributed by atoms with Gasteiger partial charge in [0.1, 0.15) is 6.54 Å². The third-order valence-corrected chi connectivity index (χ3v) is 8.69. The van der Waals surface area contributed by atoms with Crippen LogP contribution in [0, 0.1) is 0 Å². The van der Waals surface area contributed by atoms with E-state index in [4.69, 9.17) is 11.6 Å². The second-order valence-corrected chi connectivity index (χ2v) is 11.8. The summed E-state index contributed by atoms with van der Waals surface area (Å²) >= 11 is 6.11. The standard InChI is InChI=1S/C22H28N2O.C16H13ClN2O/c1-2-22(25)24(20-11-7-4-8-12-20)21-14-17-23(18-15-21)16-13-19-9-5-3-6-10-19;1-19-14-8-7-12(17)9-13(14)16(18-10-15(19)20)11-5-3-2-4-6-11/h3-12,21H,2,13-18H2,1H3;2-9H,10H2,1H3. The maximum Gasteiger partial charge on any atom is 0.248 e. The van der Waals surface area contributed by atoms with Crippen LogP contribution in [0.3, 0.4) is 0 Å². The molecule has 0 unspecified atom stereocenters. The number of benzene rings is 4. The molecule has 6 rings (SSSR count). The molecule has 0 N–H and O–H groups in total. The molecule has 0 radical (unpaired) electrons. The first kappa shape index (κ1) is 32.1. The number of nitrogens with zero attached hydrogens (tertiary/aromatic N) is 4. The van der Waals surface area contributed by atoms with Crippen molar-refractivity contribution in [1.82, 2.24) is 4.90 Å². The Morgan fingerprint density at radius 2 is 1.51 bits per heavy atom. The Morgan fingerprint density at radius 1 is 0.889 bits per heavy atom. The molecule has 0 saturated carbocycles. The molecular weight excluding hydrogens is 580 g/mol. The number of fused-ring (bicyclic) bond motifs is 1. The molecule has 1 saturated heterocycles. The van der Waals surface area contributed by atoms with Crippen LogP contribution in [0.2, 0.25) is 5.02 Å². The maximum atomic E-state index is 12.5. The molecule has 0 aromatic heterocycles. The van der Waals surface area contributed by atoms with Crippen molar-refractivity contribution in [3.63, 3.8) is 0 Å². The van der Waals surface area contributed by atoms with Gasteiger partial charge < -0.3 is 14.7 Å². The number of amides is 2. The second-order valence-electron chi connectivity index (χ2n) is 11.4. The van der Waals surface area contributed by atoms with Crippen LogP contribution in [-0.2, 0) is 16.0 Å². The van der Waals surface area contributed by atoms with Crippen molar-refractivity contribution in [2.75, 3.05) is 43.0 Å². The lowest BCUT2D eigenvalue weighted by Crippen LogP contribution is -2.47. The van der Waals surface area contributed by atoms with E-state index in [-0.39, 0.29) is 18.4 Å². The summed E-state index contributed by atoms with van der Waals surface area (Å²) in [4.78, 5) is 35.2. The lowest BCUT2D eigenvalue weighted by atomic mass is 10.0. The molecule has 2 heterocycles. The van der Waals surface area contributed by atoms with Gasteiger partial charge in [-0.1, -0.05) is 97.4 Å². The quantitative estimate of drug-likeness (QED) is 0.218. The number of hydrogen-bond donors (Lipinski definition) is 0. The minimum atomic E-state index is -0.0282. The predicted molar refractivity (Wildman–Crippen MR) is 186 cm³/mol. The highest BCUT2D eigenvalue weighted by Gasteiger charge is 2.28. The van der Waals surface area contributed by atoms with Crippen LogP contribution < -0.4 is 9.80 Å². The Balaban J connectivity index is 0.000000182. The molecule has 4 aromatic rings. The predicted octanol–water partition coefficient (Wildman–Crippen LogP) is 7.29. The van der Waals surface area contributed by atoms with Crippen molar-refractivity contribution < 1.29 is 9.59 Å². The molecule has 2 aliphatic heterocycles. The van der Waals surface area contributed by atoms with Gasteiger partial charge in [0.05, 0.1) is 11.4 Å². The molecule has 6 nitrogen and oxygen atoms in total. The van der Waals surface area contributed by atoms with Gasteiger partial charge in [0.15, 0.2) is 0 Å². The van der Waals surface area contributed by atoms with E-state index >= 15 is 0 Å². The fourth-order valence-corrected chi connectivity index (χ4v) is 6.13. The molecule has 0 aliphatic carbocycles. The molecule has 4 aromatic carbocycles. The number of halogens is 1. The Labute approximate surface area is 272 Å². The van der Waals surface area contributed by atoms with Gasteiger partial charge in [0, 0.05) is 61.0 Å². The number of benzodiazepines with no additional fused rings is 1. The van der Waals surface area contributed by atoms with Gasteiger partial charge in [-0.05, 0) is 55.2 Å². The van der Waals surface area contributed by atoms with E-state index in [1.807, 2.05) is 72.5 Å². The monoisotopic (exact) mass is 620 g/mol. The number of aliphatic imine (C=N–C) groups is 1. The average Bonchev–Trinajstić information content (AvgIpc) is 3.21. The van der Waals surface area contributed by atoms with E-state index in [1.54, 1.807) is 18.0 Å². The van der Waals surface area contributed by atoms with Gasteiger partial charge in [-0.25, -0.2) is 0 Å². The minimum Gasteiger partial charge on any atom is -0.313 e. The lowest BCUT2D eigenvalue weighted by molar-refractivity contribution is -0.119. The highest BCUT2D eigenvalue weighted by molar-refractivity contribution is 6.32. The first-order chi connectivity index (χ1) is 21.9. The summed E-state index contributed by atoms with van der Waals surface area (Å²) in [5, 5.41) is 0.634. The van der Waals surface area contributed by atoms with Gasteiger partial charge in [0.25, 0.3) is 0 Å². The van der Waals surface area contributed by atoms with Crippen molar-refractivity contribution in [2.24, 2.45) is 4.99 Å². The second kappa shape index (κ2) is 15.6. The summed E-state index contributed by atoms with van der Waals surface area (Å²) in [7, 11) is 1.76. The molecule has 0 atom stereocenters. The number of anilines is 2.